The fourth-order valence-electron chi connectivity index (χ4n) is 1.40. The molecule has 0 N–H and O–H groups in total. The third-order valence-corrected chi connectivity index (χ3v) is 2.16. The topological polar surface area (TPSA) is 59.3 Å². The van der Waals surface area contributed by atoms with Crippen LogP contribution in [-0.4, -0.2) is 18.7 Å². The number of methoxy groups -OCH3 is 1. The SMILES string of the molecule is COc1cc(C=CC(=O)OC(C)(C)C)ccc1C#N. The number of nitriles is 1. The molecule has 0 unspecified atom stereocenters. The highest BCUT2D eigenvalue weighted by Crippen LogP contribution is 2.20. The third-order valence-electron chi connectivity index (χ3n) is 2.16. The number of carbonyl (C=O) groups is 1. The maximum atomic E-state index is 11.5. The molecule has 1 rings (SSSR count). The van der Waals surface area contributed by atoms with Gasteiger partial charge in [0, 0.05) is 6.08 Å². The first-order chi connectivity index (χ1) is 8.85. The van der Waals surface area contributed by atoms with Crippen molar-refractivity contribution in [3.63, 3.8) is 0 Å². The summed E-state index contributed by atoms with van der Waals surface area (Å²) in [4.78, 5) is 11.5. The summed E-state index contributed by atoms with van der Waals surface area (Å²) in [5.74, 6) is 0.0738. The zero-order valence-electron chi connectivity index (χ0n) is 11.6. The molecule has 1 aromatic rings. The van der Waals surface area contributed by atoms with Gasteiger partial charge in [-0.2, -0.15) is 5.26 Å². The van der Waals surface area contributed by atoms with Gasteiger partial charge < -0.3 is 9.47 Å². The highest BCUT2D eigenvalue weighted by molar-refractivity contribution is 5.87. The summed E-state index contributed by atoms with van der Waals surface area (Å²) in [7, 11) is 1.50. The van der Waals surface area contributed by atoms with Crippen molar-refractivity contribution < 1.29 is 14.3 Å². The van der Waals surface area contributed by atoms with E-state index in [9.17, 15) is 4.79 Å². The average molecular weight is 259 g/mol. The van der Waals surface area contributed by atoms with Crippen LogP contribution in [0.15, 0.2) is 24.3 Å². The molecule has 0 amide bonds. The molecule has 19 heavy (non-hydrogen) atoms. The van der Waals surface area contributed by atoms with Crippen LogP contribution in [0.4, 0.5) is 0 Å². The Hall–Kier alpha value is -2.28. The molecule has 4 heteroatoms. The van der Waals surface area contributed by atoms with Crippen LogP contribution < -0.4 is 4.74 Å². The standard InChI is InChI=1S/C15H17NO3/c1-15(2,3)19-14(17)8-6-11-5-7-12(10-16)13(9-11)18-4/h5-9H,1-4H3. The Morgan fingerprint density at radius 2 is 2.05 bits per heavy atom. The van der Waals surface area contributed by atoms with Gasteiger partial charge in [0.05, 0.1) is 12.7 Å². The van der Waals surface area contributed by atoms with Crippen molar-refractivity contribution in [2.45, 2.75) is 26.4 Å². The number of carbonyl (C=O) groups excluding carboxylic acids is 1. The Morgan fingerprint density at radius 1 is 1.37 bits per heavy atom. The quantitative estimate of drug-likeness (QED) is 0.618. The lowest BCUT2D eigenvalue weighted by Crippen LogP contribution is -2.22. The van der Waals surface area contributed by atoms with Crippen LogP contribution in [0.1, 0.15) is 31.9 Å². The fourth-order valence-corrected chi connectivity index (χ4v) is 1.40. The van der Waals surface area contributed by atoms with Crippen molar-refractivity contribution in [1.82, 2.24) is 0 Å². The molecule has 0 heterocycles. The minimum absolute atomic E-state index is 0.407. The number of ether oxygens (including phenoxy) is 2. The van der Waals surface area contributed by atoms with E-state index in [4.69, 9.17) is 14.7 Å². The lowest BCUT2D eigenvalue weighted by atomic mass is 10.1. The van der Waals surface area contributed by atoms with Crippen molar-refractivity contribution in [2.75, 3.05) is 7.11 Å². The first-order valence-corrected chi connectivity index (χ1v) is 5.85. The molecule has 100 valence electrons. The number of rotatable bonds is 3. The Labute approximate surface area is 113 Å². The van der Waals surface area contributed by atoms with Crippen LogP contribution in [0.5, 0.6) is 5.75 Å². The zero-order chi connectivity index (χ0) is 14.5. The van der Waals surface area contributed by atoms with Crippen molar-refractivity contribution in [2.24, 2.45) is 0 Å². The predicted octanol–water partition coefficient (Wildman–Crippen LogP) is 2.92. The molecule has 0 aliphatic heterocycles. The second-order valence-corrected chi connectivity index (χ2v) is 4.94. The Morgan fingerprint density at radius 3 is 2.58 bits per heavy atom. The van der Waals surface area contributed by atoms with Crippen LogP contribution in [0.2, 0.25) is 0 Å². The average Bonchev–Trinajstić information content (AvgIpc) is 2.33. The molecule has 0 atom stereocenters. The van der Waals surface area contributed by atoms with Gasteiger partial charge in [0.15, 0.2) is 0 Å². The maximum Gasteiger partial charge on any atom is 0.331 e. The lowest BCUT2D eigenvalue weighted by molar-refractivity contribution is -0.148. The molecule has 0 bridgehead atoms. The van der Waals surface area contributed by atoms with E-state index in [0.717, 1.165) is 5.56 Å². The van der Waals surface area contributed by atoms with Gasteiger partial charge in [-0.15, -0.1) is 0 Å². The van der Waals surface area contributed by atoms with Gasteiger partial charge >= 0.3 is 5.97 Å². The molecule has 0 radical (unpaired) electrons. The Kier molecular flexibility index (Phi) is 4.71. The van der Waals surface area contributed by atoms with Crippen LogP contribution in [0.3, 0.4) is 0 Å². The molecule has 4 nitrogen and oxygen atoms in total. The summed E-state index contributed by atoms with van der Waals surface area (Å²) in [5, 5.41) is 8.86. The summed E-state index contributed by atoms with van der Waals surface area (Å²) in [6, 6.07) is 7.11. The highest BCUT2D eigenvalue weighted by atomic mass is 16.6. The molecule has 0 fully saturated rings. The van der Waals surface area contributed by atoms with Crippen LogP contribution in [0, 0.1) is 11.3 Å². The van der Waals surface area contributed by atoms with Crippen molar-refractivity contribution in [3.8, 4) is 11.8 Å². The molecule has 0 aliphatic rings. The zero-order valence-corrected chi connectivity index (χ0v) is 11.6. The third kappa shape index (κ3) is 4.84. The van der Waals surface area contributed by atoms with E-state index in [0.29, 0.717) is 11.3 Å². The van der Waals surface area contributed by atoms with Gasteiger partial charge in [-0.25, -0.2) is 4.79 Å². The number of esters is 1. The lowest BCUT2D eigenvalue weighted by Gasteiger charge is -2.17. The number of benzene rings is 1. The fraction of sp³-hybridized carbons (Fsp3) is 0.333. The summed E-state index contributed by atoms with van der Waals surface area (Å²) in [6.45, 7) is 5.43. The first kappa shape index (κ1) is 14.8. The second-order valence-electron chi connectivity index (χ2n) is 4.94. The minimum atomic E-state index is -0.510. The summed E-state index contributed by atoms with van der Waals surface area (Å²) in [5.41, 5.74) is 0.711. The normalized spacial score (nSPS) is 11.1. The van der Waals surface area contributed by atoms with Crippen LogP contribution >= 0.6 is 0 Å². The maximum absolute atomic E-state index is 11.5. The number of hydrogen-bond acceptors (Lipinski definition) is 4. The summed E-state index contributed by atoms with van der Waals surface area (Å²) in [6.07, 6.45) is 2.98. The molecule has 0 saturated carbocycles. The largest absolute Gasteiger partial charge is 0.495 e. The van der Waals surface area contributed by atoms with E-state index in [-0.39, 0.29) is 0 Å². The van der Waals surface area contributed by atoms with Gasteiger partial charge in [-0.3, -0.25) is 0 Å². The molecular formula is C15H17NO3. The van der Waals surface area contributed by atoms with Crippen molar-refractivity contribution in [3.05, 3.63) is 35.4 Å². The van der Waals surface area contributed by atoms with Gasteiger partial charge in [-0.05, 0) is 44.5 Å². The van der Waals surface area contributed by atoms with Gasteiger partial charge in [0.25, 0.3) is 0 Å². The van der Waals surface area contributed by atoms with Gasteiger partial charge in [0.2, 0.25) is 0 Å². The van der Waals surface area contributed by atoms with Gasteiger partial charge in [0.1, 0.15) is 17.4 Å². The van der Waals surface area contributed by atoms with E-state index < -0.39 is 11.6 Å². The van der Waals surface area contributed by atoms with Crippen molar-refractivity contribution in [1.29, 1.82) is 5.26 Å². The molecule has 0 aromatic heterocycles. The van der Waals surface area contributed by atoms with E-state index in [1.165, 1.54) is 13.2 Å². The summed E-state index contributed by atoms with van der Waals surface area (Å²) >= 11 is 0. The van der Waals surface area contributed by atoms with E-state index >= 15 is 0 Å². The van der Waals surface area contributed by atoms with Gasteiger partial charge in [-0.1, -0.05) is 6.07 Å². The molecule has 1 aromatic carbocycles. The highest BCUT2D eigenvalue weighted by Gasteiger charge is 2.13. The Balaban J connectivity index is 2.83. The molecular weight excluding hydrogens is 242 g/mol. The smallest absolute Gasteiger partial charge is 0.331 e. The van der Waals surface area contributed by atoms with Crippen molar-refractivity contribution >= 4 is 12.0 Å². The Bertz CT molecular complexity index is 533. The molecule has 0 aliphatic carbocycles. The van der Waals surface area contributed by atoms with E-state index in [1.807, 2.05) is 26.8 Å². The predicted molar refractivity (Wildman–Crippen MR) is 72.6 cm³/mol. The molecule has 0 saturated heterocycles. The molecule has 0 spiro atoms. The van der Waals surface area contributed by atoms with Crippen LogP contribution in [0.25, 0.3) is 6.08 Å². The first-order valence-electron chi connectivity index (χ1n) is 5.85. The monoisotopic (exact) mass is 259 g/mol. The van der Waals surface area contributed by atoms with E-state index in [2.05, 4.69) is 0 Å². The summed E-state index contributed by atoms with van der Waals surface area (Å²) < 4.78 is 10.2. The number of nitrogens with zero attached hydrogens (tertiary/aromatic N) is 1. The second kappa shape index (κ2) is 6.05. The number of hydrogen-bond donors (Lipinski definition) is 0. The van der Waals surface area contributed by atoms with E-state index in [1.54, 1.807) is 24.3 Å². The van der Waals surface area contributed by atoms with Crippen LogP contribution in [-0.2, 0) is 9.53 Å². The minimum Gasteiger partial charge on any atom is -0.495 e.